The topological polar surface area (TPSA) is 27.7 Å². The van der Waals surface area contributed by atoms with Gasteiger partial charge in [-0.25, -0.2) is 0 Å². The van der Waals surface area contributed by atoms with E-state index in [2.05, 4.69) is 6.92 Å². The van der Waals surface area contributed by atoms with E-state index >= 15 is 0 Å². The average Bonchev–Trinajstić information content (AvgIpc) is 2.59. The van der Waals surface area contributed by atoms with E-state index in [1.54, 1.807) is 0 Å². The van der Waals surface area contributed by atoms with Crippen molar-refractivity contribution >= 4 is 6.92 Å². The number of ether oxygens (including phenoxy) is 2. The van der Waals surface area contributed by atoms with Crippen LogP contribution in [0.5, 0.6) is 0 Å². The van der Waals surface area contributed by atoms with Gasteiger partial charge in [-0.3, -0.25) is 0 Å². The fourth-order valence-corrected chi connectivity index (χ4v) is 4.00. The van der Waals surface area contributed by atoms with E-state index in [0.717, 1.165) is 31.9 Å². The molecule has 0 aromatic heterocycles. The molecule has 3 fully saturated rings. The fraction of sp³-hybridized carbons (Fsp3) is 1.00. The lowest BCUT2D eigenvalue weighted by molar-refractivity contribution is -0.146. The Morgan fingerprint density at radius 2 is 1.74 bits per heavy atom. The van der Waals surface area contributed by atoms with Crippen LogP contribution >= 0.6 is 0 Å². The van der Waals surface area contributed by atoms with Crippen LogP contribution in [0.25, 0.3) is 0 Å². The van der Waals surface area contributed by atoms with Crippen LogP contribution in [0.3, 0.4) is 0 Å². The van der Waals surface area contributed by atoms with Crippen molar-refractivity contribution in [2.75, 3.05) is 13.2 Å². The van der Waals surface area contributed by atoms with Crippen molar-refractivity contribution in [3.05, 3.63) is 0 Å². The van der Waals surface area contributed by atoms with E-state index in [1.807, 2.05) is 0 Å². The summed E-state index contributed by atoms with van der Waals surface area (Å²) < 4.78 is 17.7. The highest BCUT2D eigenvalue weighted by molar-refractivity contribution is 6.53. The van der Waals surface area contributed by atoms with Crippen LogP contribution < -0.4 is 0 Å². The molecular formula is C15H27BO3. The minimum atomic E-state index is -0.320. The summed E-state index contributed by atoms with van der Waals surface area (Å²) >= 11 is 0. The Kier molecular flexibility index (Phi) is 4.50. The summed E-state index contributed by atoms with van der Waals surface area (Å²) in [5.74, 6) is 0.491. The standard InChI is InChI=1S/C15H27BO3/c1-15(17-11-12-18-15)9-4-10-16-13-5-2-7-14(19-16)8-3-6-13/h13-14H,2-12H2,1H3. The monoisotopic (exact) mass is 266 g/mol. The van der Waals surface area contributed by atoms with E-state index < -0.39 is 0 Å². The highest BCUT2D eigenvalue weighted by atomic mass is 16.7. The van der Waals surface area contributed by atoms with Crippen LogP contribution in [0.15, 0.2) is 0 Å². The van der Waals surface area contributed by atoms with Crippen LogP contribution in [-0.2, 0) is 14.1 Å². The second-order valence-electron chi connectivity index (χ2n) is 6.64. The zero-order valence-electron chi connectivity index (χ0n) is 12.2. The first-order chi connectivity index (χ1) is 9.25. The number of rotatable bonds is 4. The third-order valence-corrected chi connectivity index (χ3v) is 5.11. The van der Waals surface area contributed by atoms with Crippen LogP contribution in [0.1, 0.15) is 58.3 Å². The average molecular weight is 266 g/mol. The Labute approximate surface area is 117 Å². The van der Waals surface area contributed by atoms with Crippen LogP contribution in [0.4, 0.5) is 0 Å². The Morgan fingerprint density at radius 1 is 1.05 bits per heavy atom. The molecule has 0 unspecified atom stereocenters. The van der Waals surface area contributed by atoms with E-state index in [4.69, 9.17) is 14.1 Å². The lowest BCUT2D eigenvalue weighted by atomic mass is 9.50. The van der Waals surface area contributed by atoms with Gasteiger partial charge in [0.05, 0.1) is 13.2 Å². The maximum absolute atomic E-state index is 6.35. The van der Waals surface area contributed by atoms with Gasteiger partial charge in [0.1, 0.15) is 0 Å². The van der Waals surface area contributed by atoms with E-state index in [-0.39, 0.29) is 5.79 Å². The van der Waals surface area contributed by atoms with Gasteiger partial charge in [-0.2, -0.15) is 0 Å². The fourth-order valence-electron chi connectivity index (χ4n) is 4.00. The number of hydrogen-bond donors (Lipinski definition) is 0. The molecular weight excluding hydrogens is 239 g/mol. The Bertz CT molecular complexity index is 281. The summed E-state index contributed by atoms with van der Waals surface area (Å²) in [5.41, 5.74) is 0. The third kappa shape index (κ3) is 3.53. The van der Waals surface area contributed by atoms with Crippen molar-refractivity contribution in [2.24, 2.45) is 0 Å². The Balaban J connectivity index is 1.48. The van der Waals surface area contributed by atoms with Crippen LogP contribution in [0, 0.1) is 0 Å². The van der Waals surface area contributed by atoms with Gasteiger partial charge in [0.25, 0.3) is 6.92 Å². The molecule has 0 aromatic rings. The number of hydrogen-bond acceptors (Lipinski definition) is 3. The molecule has 3 rings (SSSR count). The summed E-state index contributed by atoms with van der Waals surface area (Å²) in [6, 6.07) is 0. The van der Waals surface area contributed by atoms with Gasteiger partial charge in [-0.15, -0.1) is 0 Å². The van der Waals surface area contributed by atoms with Gasteiger partial charge in [0, 0.05) is 12.5 Å². The first-order valence-electron chi connectivity index (χ1n) is 8.19. The summed E-state index contributed by atoms with van der Waals surface area (Å²) in [7, 11) is 0. The molecule has 0 N–H and O–H groups in total. The minimum Gasteiger partial charge on any atom is -0.433 e. The maximum atomic E-state index is 6.35. The van der Waals surface area contributed by atoms with Crippen molar-refractivity contribution in [3.8, 4) is 0 Å². The van der Waals surface area contributed by atoms with Crippen molar-refractivity contribution in [3.63, 3.8) is 0 Å². The van der Waals surface area contributed by atoms with Gasteiger partial charge in [-0.1, -0.05) is 32.1 Å². The molecule has 3 nitrogen and oxygen atoms in total. The van der Waals surface area contributed by atoms with Crippen molar-refractivity contribution in [1.29, 1.82) is 0 Å². The predicted molar refractivity (Wildman–Crippen MR) is 76.4 cm³/mol. The van der Waals surface area contributed by atoms with Gasteiger partial charge in [0.15, 0.2) is 5.79 Å². The zero-order chi connectivity index (χ0) is 13.1. The smallest absolute Gasteiger partial charge is 0.296 e. The molecule has 3 heterocycles. The molecule has 3 saturated heterocycles. The Morgan fingerprint density at radius 3 is 2.42 bits per heavy atom. The lowest BCUT2D eigenvalue weighted by Gasteiger charge is -2.24. The van der Waals surface area contributed by atoms with Crippen molar-refractivity contribution in [1.82, 2.24) is 0 Å². The predicted octanol–water partition coefficient (Wildman–Crippen LogP) is 3.64. The van der Waals surface area contributed by atoms with Crippen molar-refractivity contribution in [2.45, 2.75) is 82.3 Å². The largest absolute Gasteiger partial charge is 0.433 e. The molecule has 3 aliphatic heterocycles. The Hall–Kier alpha value is -0.0551. The van der Waals surface area contributed by atoms with Gasteiger partial charge < -0.3 is 14.1 Å². The summed E-state index contributed by atoms with van der Waals surface area (Å²) in [4.78, 5) is 0. The quantitative estimate of drug-likeness (QED) is 0.727. The molecule has 0 aliphatic carbocycles. The molecule has 0 saturated carbocycles. The van der Waals surface area contributed by atoms with Gasteiger partial charge in [-0.05, 0) is 31.9 Å². The van der Waals surface area contributed by atoms with E-state index in [0.29, 0.717) is 13.0 Å². The first kappa shape index (κ1) is 13.9. The molecule has 0 aromatic carbocycles. The van der Waals surface area contributed by atoms with Crippen LogP contribution in [0.2, 0.25) is 12.1 Å². The van der Waals surface area contributed by atoms with Crippen LogP contribution in [-0.4, -0.2) is 32.0 Å². The third-order valence-electron chi connectivity index (χ3n) is 5.11. The molecule has 0 amide bonds. The summed E-state index contributed by atoms with van der Waals surface area (Å²) in [6.45, 7) is 4.08. The summed E-state index contributed by atoms with van der Waals surface area (Å²) in [5, 5.41) is 0. The van der Waals surface area contributed by atoms with Crippen molar-refractivity contribution < 1.29 is 14.1 Å². The highest BCUT2D eigenvalue weighted by Gasteiger charge is 2.36. The molecule has 108 valence electrons. The minimum absolute atomic E-state index is 0.320. The molecule has 0 radical (unpaired) electrons. The molecule has 3 aliphatic rings. The highest BCUT2D eigenvalue weighted by Crippen LogP contribution is 2.38. The second kappa shape index (κ2) is 6.15. The first-order valence-corrected chi connectivity index (χ1v) is 8.19. The molecule has 0 atom stereocenters. The van der Waals surface area contributed by atoms with Gasteiger partial charge >= 0.3 is 0 Å². The normalized spacial score (nSPS) is 34.3. The van der Waals surface area contributed by atoms with E-state index in [1.165, 1.54) is 44.8 Å². The SMILES string of the molecule is CC1(CCCB2OC3CCCC2CCC3)OCCO1. The molecule has 4 heteroatoms. The molecule has 2 bridgehead atoms. The lowest BCUT2D eigenvalue weighted by Crippen LogP contribution is -2.28. The summed E-state index contributed by atoms with van der Waals surface area (Å²) in [6.07, 6.45) is 12.0. The zero-order valence-corrected chi connectivity index (χ0v) is 12.2. The molecule has 19 heavy (non-hydrogen) atoms. The molecule has 0 spiro atoms. The maximum Gasteiger partial charge on any atom is 0.296 e. The van der Waals surface area contributed by atoms with Gasteiger partial charge in [0.2, 0.25) is 0 Å². The second-order valence-corrected chi connectivity index (χ2v) is 6.64. The van der Waals surface area contributed by atoms with E-state index in [9.17, 15) is 0 Å². The number of fused-ring (bicyclic) bond motifs is 3.